The van der Waals surface area contributed by atoms with Gasteiger partial charge in [-0.15, -0.1) is 11.3 Å². The summed E-state index contributed by atoms with van der Waals surface area (Å²) in [5.41, 5.74) is 5.97. The third-order valence-corrected chi connectivity index (χ3v) is 9.11. The quantitative estimate of drug-likeness (QED) is 0.566. The van der Waals surface area contributed by atoms with Crippen LogP contribution in [0.2, 0.25) is 0 Å². The molecule has 2 aromatic heterocycles. The number of fused-ring (bicyclic) bond motifs is 3. The van der Waals surface area contributed by atoms with Gasteiger partial charge in [0, 0.05) is 37.1 Å². The normalized spacial score (nSPS) is 25.3. The molecule has 2 atom stereocenters. The highest BCUT2D eigenvalue weighted by molar-refractivity contribution is 7.19. The van der Waals surface area contributed by atoms with Crippen molar-refractivity contribution in [3.63, 3.8) is 0 Å². The summed E-state index contributed by atoms with van der Waals surface area (Å²) >= 11 is 1.65. The monoisotopic (exact) mass is 545 g/mol. The fraction of sp³-hybridized carbons (Fsp3) is 0.704. The molecule has 0 bridgehead atoms. The SMILES string of the molecule is CC(C)(C)OC(=O)N1CCN([C@H]2CC[C@H](Oc3ncnc4sc5c(c34)[C@@H](CC(O)C(N)=O)CC5)CC2)CC1. The number of aliphatic hydroxyl groups excluding tert-OH is 1. The molecule has 1 aliphatic heterocycles. The Bertz CT molecular complexity index is 1160. The van der Waals surface area contributed by atoms with Crippen LogP contribution in [0.3, 0.4) is 0 Å². The van der Waals surface area contributed by atoms with E-state index in [1.807, 2.05) is 25.7 Å². The van der Waals surface area contributed by atoms with Crippen LogP contribution in [0.5, 0.6) is 5.88 Å². The van der Waals surface area contributed by atoms with Gasteiger partial charge in [-0.3, -0.25) is 9.69 Å². The number of aliphatic hydroxyl groups is 1. The fourth-order valence-electron chi connectivity index (χ4n) is 6.03. The van der Waals surface area contributed by atoms with E-state index in [9.17, 15) is 14.7 Å². The van der Waals surface area contributed by atoms with E-state index < -0.39 is 17.6 Å². The molecule has 0 aromatic carbocycles. The molecule has 10 nitrogen and oxygen atoms in total. The van der Waals surface area contributed by atoms with E-state index in [-0.39, 0.29) is 18.1 Å². The summed E-state index contributed by atoms with van der Waals surface area (Å²) in [5, 5.41) is 11.0. The molecule has 2 aromatic rings. The minimum absolute atomic E-state index is 0.0460. The molecule has 11 heteroatoms. The van der Waals surface area contributed by atoms with Crippen molar-refractivity contribution < 1.29 is 24.2 Å². The Morgan fingerprint density at radius 3 is 2.50 bits per heavy atom. The molecular formula is C27H39N5O5S. The van der Waals surface area contributed by atoms with Gasteiger partial charge in [0.15, 0.2) is 0 Å². The highest BCUT2D eigenvalue weighted by Gasteiger charge is 2.35. The smallest absolute Gasteiger partial charge is 0.410 e. The van der Waals surface area contributed by atoms with Gasteiger partial charge in [-0.05, 0) is 77.2 Å². The average Bonchev–Trinajstić information content (AvgIpc) is 3.43. The lowest BCUT2D eigenvalue weighted by Gasteiger charge is -2.42. The van der Waals surface area contributed by atoms with Crippen molar-refractivity contribution in [2.24, 2.45) is 5.73 Å². The number of ether oxygens (including phenoxy) is 2. The minimum atomic E-state index is -1.16. The predicted molar refractivity (Wildman–Crippen MR) is 144 cm³/mol. The summed E-state index contributed by atoms with van der Waals surface area (Å²) in [6, 6.07) is 0.492. The van der Waals surface area contributed by atoms with Crippen LogP contribution < -0.4 is 10.5 Å². The standard InChI is InChI=1S/C27H39N5O5S/c1-27(2,3)37-26(35)32-12-10-31(11-13-32)17-5-7-18(8-6-17)36-24-22-21-16(14-19(33)23(28)34)4-9-20(21)38-25(22)30-15-29-24/h15-19,33H,4-14H2,1-3H3,(H2,28,34)/t16-,17-,18-,19?/m1/s1. The number of carbonyl (C=O) groups is 2. The summed E-state index contributed by atoms with van der Waals surface area (Å²) < 4.78 is 12.0. The first-order valence-electron chi connectivity index (χ1n) is 13.7. The van der Waals surface area contributed by atoms with Crippen LogP contribution in [0.4, 0.5) is 4.79 Å². The Labute approximate surface area is 227 Å². The van der Waals surface area contributed by atoms with Crippen molar-refractivity contribution in [3.05, 3.63) is 16.8 Å². The van der Waals surface area contributed by atoms with Crippen LogP contribution in [0.15, 0.2) is 6.33 Å². The van der Waals surface area contributed by atoms with E-state index in [1.54, 1.807) is 17.7 Å². The van der Waals surface area contributed by atoms with Gasteiger partial charge < -0.3 is 25.2 Å². The topological polar surface area (TPSA) is 131 Å². The van der Waals surface area contributed by atoms with Crippen molar-refractivity contribution >= 4 is 33.6 Å². The molecule has 208 valence electrons. The summed E-state index contributed by atoms with van der Waals surface area (Å²) in [7, 11) is 0. The number of aromatic nitrogens is 2. The maximum Gasteiger partial charge on any atom is 0.410 e. The number of amides is 2. The lowest BCUT2D eigenvalue weighted by molar-refractivity contribution is -0.126. The number of nitrogens with two attached hydrogens (primary N) is 1. The molecule has 1 saturated carbocycles. The van der Waals surface area contributed by atoms with Gasteiger partial charge in [0.1, 0.15) is 29.0 Å². The Morgan fingerprint density at radius 1 is 1.13 bits per heavy atom. The highest BCUT2D eigenvalue weighted by Crippen LogP contribution is 2.47. The lowest BCUT2D eigenvalue weighted by Crippen LogP contribution is -2.53. The molecule has 2 aliphatic carbocycles. The highest BCUT2D eigenvalue weighted by atomic mass is 32.1. The van der Waals surface area contributed by atoms with Crippen molar-refractivity contribution in [2.75, 3.05) is 26.2 Å². The van der Waals surface area contributed by atoms with E-state index in [0.29, 0.717) is 31.4 Å². The van der Waals surface area contributed by atoms with Crippen LogP contribution in [0.1, 0.15) is 75.7 Å². The first-order chi connectivity index (χ1) is 18.1. The van der Waals surface area contributed by atoms with Gasteiger partial charge in [-0.1, -0.05) is 0 Å². The molecule has 38 heavy (non-hydrogen) atoms. The van der Waals surface area contributed by atoms with Crippen molar-refractivity contribution in [2.45, 2.75) is 95.5 Å². The Morgan fingerprint density at radius 2 is 1.84 bits per heavy atom. The van der Waals surface area contributed by atoms with Gasteiger partial charge in [0.05, 0.1) is 5.39 Å². The molecule has 3 aliphatic rings. The van der Waals surface area contributed by atoms with Gasteiger partial charge >= 0.3 is 6.09 Å². The first-order valence-corrected chi connectivity index (χ1v) is 14.5. The first kappa shape index (κ1) is 27.1. The van der Waals surface area contributed by atoms with Gasteiger partial charge in [-0.2, -0.15) is 0 Å². The summed E-state index contributed by atoms with van der Waals surface area (Å²) in [5.74, 6) is -0.0270. The number of rotatable bonds is 6. The fourth-order valence-corrected chi connectivity index (χ4v) is 7.26. The predicted octanol–water partition coefficient (Wildman–Crippen LogP) is 3.20. The number of hydrogen-bond acceptors (Lipinski definition) is 9. The second kappa shape index (κ2) is 10.9. The van der Waals surface area contributed by atoms with Crippen LogP contribution in [0.25, 0.3) is 10.2 Å². The van der Waals surface area contributed by atoms with Crippen molar-refractivity contribution in [3.8, 4) is 5.88 Å². The zero-order chi connectivity index (χ0) is 27.0. The molecule has 3 N–H and O–H groups in total. The minimum Gasteiger partial charge on any atom is -0.474 e. The number of hydrogen-bond donors (Lipinski definition) is 2. The number of piperazine rings is 1. The maximum absolute atomic E-state index is 12.4. The lowest BCUT2D eigenvalue weighted by atomic mass is 9.91. The number of primary amides is 1. The van der Waals surface area contributed by atoms with E-state index in [0.717, 1.165) is 67.4 Å². The maximum atomic E-state index is 12.4. The second-order valence-corrected chi connectivity index (χ2v) is 12.8. The Balaban J connectivity index is 1.18. The molecule has 0 radical (unpaired) electrons. The second-order valence-electron chi connectivity index (χ2n) is 11.7. The largest absolute Gasteiger partial charge is 0.474 e. The Kier molecular flexibility index (Phi) is 7.79. The Hall–Kier alpha value is -2.50. The van der Waals surface area contributed by atoms with Gasteiger partial charge in [0.25, 0.3) is 0 Å². The van der Waals surface area contributed by atoms with E-state index in [1.165, 1.54) is 4.88 Å². The van der Waals surface area contributed by atoms with Crippen LogP contribution >= 0.6 is 11.3 Å². The number of nitrogens with zero attached hydrogens (tertiary/aromatic N) is 4. The zero-order valence-corrected chi connectivity index (χ0v) is 23.3. The van der Waals surface area contributed by atoms with E-state index in [2.05, 4.69) is 14.9 Å². The molecule has 2 amide bonds. The third kappa shape index (κ3) is 5.89. The molecule has 0 spiro atoms. The molecular weight excluding hydrogens is 506 g/mol. The number of aryl methyl sites for hydroxylation is 1. The van der Waals surface area contributed by atoms with Crippen LogP contribution in [-0.2, 0) is 16.0 Å². The summed E-state index contributed by atoms with van der Waals surface area (Å²) in [6.45, 7) is 8.80. The van der Waals surface area contributed by atoms with Gasteiger partial charge in [-0.25, -0.2) is 14.8 Å². The van der Waals surface area contributed by atoms with Crippen LogP contribution in [0, 0.1) is 0 Å². The zero-order valence-electron chi connectivity index (χ0n) is 22.5. The summed E-state index contributed by atoms with van der Waals surface area (Å²) in [4.78, 5) is 39.3. The molecule has 1 saturated heterocycles. The molecule has 2 fully saturated rings. The van der Waals surface area contributed by atoms with Crippen molar-refractivity contribution in [1.82, 2.24) is 19.8 Å². The van der Waals surface area contributed by atoms with Crippen LogP contribution in [-0.4, -0.2) is 86.9 Å². The van der Waals surface area contributed by atoms with E-state index in [4.69, 9.17) is 15.2 Å². The van der Waals surface area contributed by atoms with E-state index >= 15 is 0 Å². The van der Waals surface area contributed by atoms with Crippen molar-refractivity contribution in [1.29, 1.82) is 0 Å². The molecule has 3 heterocycles. The van der Waals surface area contributed by atoms with Gasteiger partial charge in [0.2, 0.25) is 11.8 Å². The third-order valence-electron chi connectivity index (χ3n) is 7.94. The molecule has 1 unspecified atom stereocenters. The summed E-state index contributed by atoms with van der Waals surface area (Å²) in [6.07, 6.45) is 6.33. The molecule has 5 rings (SSSR count). The average molecular weight is 546 g/mol. The number of carbonyl (C=O) groups excluding carboxylic acids is 2. The number of thiophene rings is 1.